The molecule has 0 bridgehead atoms. The van der Waals surface area contributed by atoms with E-state index in [1.165, 1.54) is 0 Å². The van der Waals surface area contributed by atoms with Gasteiger partial charge in [-0.15, -0.1) is 0 Å². The number of nitrogens with zero attached hydrogens (tertiary/aromatic N) is 1. The number of aliphatic hydroxyl groups excluding tert-OH is 1. The Labute approximate surface area is 71.4 Å². The summed E-state index contributed by atoms with van der Waals surface area (Å²) in [7, 11) is 0. The quantitative estimate of drug-likeness (QED) is 0.662. The van der Waals surface area contributed by atoms with E-state index in [1.807, 2.05) is 12.1 Å². The lowest BCUT2D eigenvalue weighted by Crippen LogP contribution is -2.45. The van der Waals surface area contributed by atoms with Gasteiger partial charge < -0.3 is 10.4 Å². The topological polar surface area (TPSA) is 45.2 Å². The lowest BCUT2D eigenvalue weighted by atomic mass is 9.92. The largest absolute Gasteiger partial charge is 0.388 e. The molecule has 1 aromatic rings. The summed E-state index contributed by atoms with van der Waals surface area (Å²) in [6, 6.07) is 3.73. The second-order valence-electron chi connectivity index (χ2n) is 3.14. The van der Waals surface area contributed by atoms with Crippen LogP contribution in [0.4, 0.5) is 0 Å². The van der Waals surface area contributed by atoms with Crippen molar-refractivity contribution in [2.24, 2.45) is 5.92 Å². The van der Waals surface area contributed by atoms with Crippen LogP contribution in [0.3, 0.4) is 0 Å². The molecule has 2 N–H and O–H groups in total. The van der Waals surface area contributed by atoms with Gasteiger partial charge in [-0.25, -0.2) is 0 Å². The molecule has 3 nitrogen and oxygen atoms in total. The van der Waals surface area contributed by atoms with Crippen molar-refractivity contribution in [3.63, 3.8) is 0 Å². The van der Waals surface area contributed by atoms with Gasteiger partial charge in [0.05, 0.1) is 6.10 Å². The molecular formula is C9H12N2O. The molecule has 2 rings (SSSR count). The van der Waals surface area contributed by atoms with E-state index in [-0.39, 0.29) is 6.10 Å². The van der Waals surface area contributed by atoms with Gasteiger partial charge in [-0.3, -0.25) is 4.98 Å². The normalized spacial score (nSPS) is 20.1. The summed E-state index contributed by atoms with van der Waals surface area (Å²) in [5.41, 5.74) is 0.969. The van der Waals surface area contributed by atoms with Gasteiger partial charge in [0.1, 0.15) is 0 Å². The number of nitrogens with one attached hydrogen (secondary N) is 1. The van der Waals surface area contributed by atoms with Crippen LogP contribution in [-0.2, 0) is 0 Å². The zero-order valence-corrected chi connectivity index (χ0v) is 6.77. The number of pyridine rings is 1. The Kier molecular flexibility index (Phi) is 2.06. The lowest BCUT2D eigenvalue weighted by molar-refractivity contribution is 0.0766. The van der Waals surface area contributed by atoms with Crippen molar-refractivity contribution >= 4 is 0 Å². The highest BCUT2D eigenvalue weighted by molar-refractivity contribution is 5.15. The fourth-order valence-electron chi connectivity index (χ4n) is 1.37. The van der Waals surface area contributed by atoms with Crippen LogP contribution in [0.15, 0.2) is 24.5 Å². The van der Waals surface area contributed by atoms with E-state index in [4.69, 9.17) is 0 Å². The fraction of sp³-hybridized carbons (Fsp3) is 0.444. The highest BCUT2D eigenvalue weighted by Crippen LogP contribution is 2.23. The summed E-state index contributed by atoms with van der Waals surface area (Å²) in [6.07, 6.45) is 3.10. The maximum absolute atomic E-state index is 9.77. The van der Waals surface area contributed by atoms with Crippen molar-refractivity contribution in [2.45, 2.75) is 6.10 Å². The summed E-state index contributed by atoms with van der Waals surface area (Å²) in [4.78, 5) is 3.90. The molecule has 1 atom stereocenters. The monoisotopic (exact) mass is 164 g/mol. The first-order chi connectivity index (χ1) is 5.88. The maximum Gasteiger partial charge on any atom is 0.0843 e. The molecule has 1 aromatic heterocycles. The molecule has 0 amide bonds. The third-order valence-corrected chi connectivity index (χ3v) is 2.31. The van der Waals surface area contributed by atoms with Crippen molar-refractivity contribution in [1.29, 1.82) is 0 Å². The number of hydrogen-bond donors (Lipinski definition) is 2. The number of aromatic nitrogens is 1. The number of hydrogen-bond acceptors (Lipinski definition) is 3. The van der Waals surface area contributed by atoms with Crippen LogP contribution >= 0.6 is 0 Å². The Bertz CT molecular complexity index is 246. The van der Waals surface area contributed by atoms with Crippen molar-refractivity contribution in [2.75, 3.05) is 13.1 Å². The Hall–Kier alpha value is -0.930. The Morgan fingerprint density at radius 1 is 1.42 bits per heavy atom. The SMILES string of the molecule is O[C@@H](c1ccncc1)C1CNC1. The van der Waals surface area contributed by atoms with Crippen molar-refractivity contribution in [3.8, 4) is 0 Å². The van der Waals surface area contributed by atoms with Crippen molar-refractivity contribution < 1.29 is 5.11 Å². The highest BCUT2D eigenvalue weighted by atomic mass is 16.3. The van der Waals surface area contributed by atoms with Gasteiger partial charge in [0.15, 0.2) is 0 Å². The number of rotatable bonds is 2. The summed E-state index contributed by atoms with van der Waals surface area (Å²) in [5, 5.41) is 12.9. The van der Waals surface area contributed by atoms with E-state index in [2.05, 4.69) is 10.3 Å². The average Bonchev–Trinajstić information content (AvgIpc) is 2.03. The number of aliphatic hydroxyl groups is 1. The first kappa shape index (κ1) is 7.71. The smallest absolute Gasteiger partial charge is 0.0843 e. The standard InChI is InChI=1S/C9H12N2O/c12-9(8-5-11-6-8)7-1-3-10-4-2-7/h1-4,8-9,11-12H,5-6H2/t9-/m0/s1. The van der Waals surface area contributed by atoms with Gasteiger partial charge in [0, 0.05) is 31.4 Å². The molecular weight excluding hydrogens is 152 g/mol. The van der Waals surface area contributed by atoms with Crippen LogP contribution in [0.2, 0.25) is 0 Å². The molecule has 0 aromatic carbocycles. The molecule has 3 heteroatoms. The molecule has 1 aliphatic rings. The predicted molar refractivity (Wildman–Crippen MR) is 45.6 cm³/mol. The molecule has 0 radical (unpaired) electrons. The van der Waals surface area contributed by atoms with Gasteiger partial charge in [-0.05, 0) is 17.7 Å². The van der Waals surface area contributed by atoms with Crippen LogP contribution in [0, 0.1) is 5.92 Å². The Morgan fingerprint density at radius 3 is 2.58 bits per heavy atom. The summed E-state index contributed by atoms with van der Waals surface area (Å²) in [5.74, 6) is 0.382. The Morgan fingerprint density at radius 2 is 2.08 bits per heavy atom. The van der Waals surface area contributed by atoms with Gasteiger partial charge >= 0.3 is 0 Å². The van der Waals surface area contributed by atoms with E-state index in [9.17, 15) is 5.11 Å². The van der Waals surface area contributed by atoms with Crippen molar-refractivity contribution in [1.82, 2.24) is 10.3 Å². The van der Waals surface area contributed by atoms with Gasteiger partial charge in [-0.1, -0.05) is 0 Å². The predicted octanol–water partition coefficient (Wildman–Crippen LogP) is 0.334. The van der Waals surface area contributed by atoms with E-state index in [1.54, 1.807) is 12.4 Å². The Balaban J connectivity index is 2.08. The van der Waals surface area contributed by atoms with Crippen LogP contribution in [-0.4, -0.2) is 23.2 Å². The van der Waals surface area contributed by atoms with E-state index < -0.39 is 0 Å². The zero-order chi connectivity index (χ0) is 8.39. The van der Waals surface area contributed by atoms with Crippen LogP contribution < -0.4 is 5.32 Å². The zero-order valence-electron chi connectivity index (χ0n) is 6.77. The average molecular weight is 164 g/mol. The van der Waals surface area contributed by atoms with Gasteiger partial charge in [0.2, 0.25) is 0 Å². The molecule has 2 heterocycles. The molecule has 12 heavy (non-hydrogen) atoms. The first-order valence-corrected chi connectivity index (χ1v) is 4.16. The van der Waals surface area contributed by atoms with E-state index in [0.29, 0.717) is 5.92 Å². The van der Waals surface area contributed by atoms with Crippen molar-refractivity contribution in [3.05, 3.63) is 30.1 Å². The van der Waals surface area contributed by atoms with Crippen LogP contribution in [0.25, 0.3) is 0 Å². The summed E-state index contributed by atoms with van der Waals surface area (Å²) < 4.78 is 0. The van der Waals surface area contributed by atoms with E-state index >= 15 is 0 Å². The third-order valence-electron chi connectivity index (χ3n) is 2.31. The molecule has 0 aliphatic carbocycles. The molecule has 1 saturated heterocycles. The minimum atomic E-state index is -0.325. The summed E-state index contributed by atoms with van der Waals surface area (Å²) in [6.45, 7) is 1.84. The van der Waals surface area contributed by atoms with Gasteiger partial charge in [-0.2, -0.15) is 0 Å². The highest BCUT2D eigenvalue weighted by Gasteiger charge is 2.25. The molecule has 0 unspecified atom stereocenters. The fourth-order valence-corrected chi connectivity index (χ4v) is 1.37. The van der Waals surface area contributed by atoms with Crippen LogP contribution in [0.1, 0.15) is 11.7 Å². The molecule has 1 fully saturated rings. The minimum Gasteiger partial charge on any atom is -0.388 e. The molecule has 0 saturated carbocycles. The second kappa shape index (κ2) is 3.21. The molecule has 0 spiro atoms. The van der Waals surface area contributed by atoms with E-state index in [0.717, 1.165) is 18.7 Å². The summed E-state index contributed by atoms with van der Waals surface area (Å²) >= 11 is 0. The van der Waals surface area contributed by atoms with Crippen LogP contribution in [0.5, 0.6) is 0 Å². The molecule has 1 aliphatic heterocycles. The second-order valence-corrected chi connectivity index (χ2v) is 3.14. The molecule has 64 valence electrons. The minimum absolute atomic E-state index is 0.325. The maximum atomic E-state index is 9.77. The third kappa shape index (κ3) is 1.33. The van der Waals surface area contributed by atoms with Gasteiger partial charge in [0.25, 0.3) is 0 Å². The lowest BCUT2D eigenvalue weighted by Gasteiger charge is -2.31. The first-order valence-electron chi connectivity index (χ1n) is 4.16.